The van der Waals surface area contributed by atoms with Crippen LogP contribution in [0.4, 0.5) is 5.82 Å². The molecule has 3 aromatic heterocycles. The molecule has 3 fully saturated rings. The van der Waals surface area contributed by atoms with E-state index in [2.05, 4.69) is 32.1 Å². The maximum absolute atomic E-state index is 13.3. The van der Waals surface area contributed by atoms with Gasteiger partial charge < -0.3 is 10.2 Å². The lowest BCUT2D eigenvalue weighted by molar-refractivity contribution is -0.131. The molecular formula is C27H26ClN5O2S. The van der Waals surface area contributed by atoms with E-state index >= 15 is 0 Å². The number of pyridine rings is 1. The second kappa shape index (κ2) is 9.38. The van der Waals surface area contributed by atoms with Gasteiger partial charge in [0.25, 0.3) is 5.91 Å². The minimum absolute atomic E-state index is 0.0929. The van der Waals surface area contributed by atoms with Gasteiger partial charge in [-0.1, -0.05) is 29.5 Å². The number of hydrogen-bond donors (Lipinski definition) is 1. The van der Waals surface area contributed by atoms with Crippen LogP contribution in [0.1, 0.15) is 58.2 Å². The number of hydrogen-bond acceptors (Lipinski definition) is 5. The van der Waals surface area contributed by atoms with E-state index in [0.717, 1.165) is 54.8 Å². The average Bonchev–Trinajstić information content (AvgIpc) is 3.18. The van der Waals surface area contributed by atoms with Crippen LogP contribution in [-0.4, -0.2) is 44.6 Å². The minimum Gasteiger partial charge on any atom is -0.342 e. The van der Waals surface area contributed by atoms with Crippen molar-refractivity contribution in [2.75, 3.05) is 18.4 Å². The number of amides is 2. The fourth-order valence-electron chi connectivity index (χ4n) is 5.49. The maximum Gasteiger partial charge on any atom is 0.276 e. The first kappa shape index (κ1) is 23.3. The zero-order valence-electron chi connectivity index (χ0n) is 19.9. The second-order valence-corrected chi connectivity index (χ2v) is 11.4. The molecule has 9 heteroatoms. The Kier molecular flexibility index (Phi) is 6.06. The summed E-state index contributed by atoms with van der Waals surface area (Å²) in [5.74, 6) is 7.87. The fraction of sp³-hybridized carbons (Fsp3) is 0.407. The molecule has 36 heavy (non-hydrogen) atoms. The van der Waals surface area contributed by atoms with Crippen molar-refractivity contribution in [2.45, 2.75) is 38.6 Å². The third kappa shape index (κ3) is 4.54. The fourth-order valence-corrected chi connectivity index (χ4v) is 6.28. The monoisotopic (exact) mass is 519 g/mol. The molecule has 2 saturated carbocycles. The molecule has 4 heterocycles. The van der Waals surface area contributed by atoms with Gasteiger partial charge in [0, 0.05) is 30.8 Å². The lowest BCUT2D eigenvalue weighted by Gasteiger charge is -2.20. The van der Waals surface area contributed by atoms with Gasteiger partial charge in [-0.15, -0.1) is 11.3 Å². The van der Waals surface area contributed by atoms with E-state index < -0.39 is 0 Å². The maximum atomic E-state index is 13.3. The molecule has 3 aromatic rings. The zero-order valence-corrected chi connectivity index (χ0v) is 21.5. The van der Waals surface area contributed by atoms with E-state index in [0.29, 0.717) is 34.3 Å². The number of halogens is 1. The van der Waals surface area contributed by atoms with Crippen LogP contribution in [0.25, 0.3) is 0 Å². The highest BCUT2D eigenvalue weighted by molar-refractivity contribution is 7.10. The number of likely N-dealkylation sites (tertiary alicyclic amines) is 1. The largest absolute Gasteiger partial charge is 0.342 e. The number of nitrogens with zero attached hydrogens (tertiary/aromatic N) is 4. The van der Waals surface area contributed by atoms with E-state index in [4.69, 9.17) is 11.6 Å². The Balaban J connectivity index is 1.14. The van der Waals surface area contributed by atoms with Crippen molar-refractivity contribution in [1.29, 1.82) is 0 Å². The van der Waals surface area contributed by atoms with Crippen molar-refractivity contribution in [3.63, 3.8) is 0 Å². The van der Waals surface area contributed by atoms with Crippen molar-refractivity contribution < 1.29 is 9.59 Å². The third-order valence-electron chi connectivity index (χ3n) is 7.44. The first-order valence-corrected chi connectivity index (χ1v) is 13.6. The highest BCUT2D eigenvalue weighted by Crippen LogP contribution is 2.46. The molecule has 1 aliphatic heterocycles. The first-order valence-electron chi connectivity index (χ1n) is 12.3. The number of carbonyl (C=O) groups is 2. The molecule has 0 radical (unpaired) electrons. The van der Waals surface area contributed by atoms with Gasteiger partial charge in [-0.05, 0) is 67.5 Å². The summed E-state index contributed by atoms with van der Waals surface area (Å²) < 4.78 is 1.78. The summed E-state index contributed by atoms with van der Waals surface area (Å²) >= 11 is 8.02. The Bertz CT molecular complexity index is 1370. The normalized spacial score (nSPS) is 22.7. The van der Waals surface area contributed by atoms with Crippen LogP contribution < -0.4 is 5.32 Å². The molecular weight excluding hydrogens is 494 g/mol. The van der Waals surface area contributed by atoms with Crippen LogP contribution in [0, 0.1) is 36.5 Å². The van der Waals surface area contributed by atoms with Crippen LogP contribution in [0.2, 0.25) is 5.02 Å². The third-order valence-corrected chi connectivity index (χ3v) is 8.50. The lowest BCUT2D eigenvalue weighted by Crippen LogP contribution is -2.31. The average molecular weight is 520 g/mol. The first-order chi connectivity index (χ1) is 17.5. The number of fused-ring (bicyclic) bond motifs is 1. The molecule has 1 saturated heterocycles. The number of carbonyl (C=O) groups excluding carboxylic acids is 2. The zero-order chi connectivity index (χ0) is 24.8. The molecule has 6 rings (SSSR count). The molecule has 2 aliphatic carbocycles. The molecule has 1 N–H and O–H groups in total. The molecule has 3 atom stereocenters. The Labute approximate surface area is 218 Å². The standard InChI is InChI=1S/C27H26ClN5O2S/c1-16-9-17(4-7-22-3-2-8-36-22)12-29-25(16)31-26(34)24-23(28)13-30-33(24)21-10-19-14-32(15-20(19)11-21)27(35)18-5-6-18/h2-3,8-9,12-13,18-21H,5-6,10-11,14-15H2,1H3,(H,29,31,34)/t19-,20+,21+. The summed E-state index contributed by atoms with van der Waals surface area (Å²) in [6.45, 7) is 3.53. The number of aryl methyl sites for hydroxylation is 1. The topological polar surface area (TPSA) is 80.1 Å². The number of nitrogens with one attached hydrogen (secondary N) is 1. The molecule has 184 valence electrons. The summed E-state index contributed by atoms with van der Waals surface area (Å²) in [5.41, 5.74) is 1.96. The van der Waals surface area contributed by atoms with Crippen molar-refractivity contribution in [1.82, 2.24) is 19.7 Å². The van der Waals surface area contributed by atoms with Crippen LogP contribution >= 0.6 is 22.9 Å². The summed E-state index contributed by atoms with van der Waals surface area (Å²) in [7, 11) is 0. The van der Waals surface area contributed by atoms with Crippen LogP contribution in [0.5, 0.6) is 0 Å². The smallest absolute Gasteiger partial charge is 0.276 e. The van der Waals surface area contributed by atoms with Gasteiger partial charge in [-0.3, -0.25) is 14.3 Å². The molecule has 3 aliphatic rings. The quantitative estimate of drug-likeness (QED) is 0.503. The van der Waals surface area contributed by atoms with Crippen molar-refractivity contribution in [3.05, 3.63) is 62.7 Å². The van der Waals surface area contributed by atoms with Gasteiger partial charge >= 0.3 is 0 Å². The van der Waals surface area contributed by atoms with Crippen LogP contribution in [0.3, 0.4) is 0 Å². The van der Waals surface area contributed by atoms with Gasteiger partial charge in [0.2, 0.25) is 5.91 Å². The number of rotatable bonds is 4. The Morgan fingerprint density at radius 2 is 1.94 bits per heavy atom. The predicted octanol–water partition coefficient (Wildman–Crippen LogP) is 4.77. The Morgan fingerprint density at radius 3 is 2.61 bits per heavy atom. The van der Waals surface area contributed by atoms with Gasteiger partial charge in [-0.2, -0.15) is 5.10 Å². The summed E-state index contributed by atoms with van der Waals surface area (Å²) in [4.78, 5) is 33.2. The van der Waals surface area contributed by atoms with Crippen molar-refractivity contribution in [3.8, 4) is 11.8 Å². The van der Waals surface area contributed by atoms with E-state index in [-0.39, 0.29) is 17.9 Å². The van der Waals surface area contributed by atoms with Gasteiger partial charge in [0.15, 0.2) is 0 Å². The number of thiophene rings is 1. The molecule has 0 unspecified atom stereocenters. The second-order valence-electron chi connectivity index (χ2n) is 10.0. The van der Waals surface area contributed by atoms with Gasteiger partial charge in [0.05, 0.1) is 22.1 Å². The Morgan fingerprint density at radius 1 is 1.17 bits per heavy atom. The van der Waals surface area contributed by atoms with Gasteiger partial charge in [0.1, 0.15) is 11.5 Å². The number of anilines is 1. The summed E-state index contributed by atoms with van der Waals surface area (Å²) in [6.07, 6.45) is 7.07. The van der Waals surface area contributed by atoms with E-state index in [9.17, 15) is 9.59 Å². The van der Waals surface area contributed by atoms with E-state index in [1.54, 1.807) is 22.2 Å². The number of aromatic nitrogens is 3. The predicted molar refractivity (Wildman–Crippen MR) is 139 cm³/mol. The van der Waals surface area contributed by atoms with Crippen LogP contribution in [-0.2, 0) is 4.79 Å². The van der Waals surface area contributed by atoms with E-state index in [1.807, 2.05) is 30.5 Å². The highest BCUT2D eigenvalue weighted by atomic mass is 35.5. The van der Waals surface area contributed by atoms with Crippen molar-refractivity contribution >= 4 is 40.6 Å². The van der Waals surface area contributed by atoms with Crippen molar-refractivity contribution in [2.24, 2.45) is 17.8 Å². The lowest BCUT2D eigenvalue weighted by atomic mass is 10.0. The Hall–Kier alpha value is -3.15. The molecule has 0 spiro atoms. The SMILES string of the molecule is Cc1cc(C#Cc2cccs2)cnc1NC(=O)c1c(Cl)cnn1[C@H]1C[C@@H]2CN(C(=O)C3CC3)C[C@@H]2C1. The van der Waals surface area contributed by atoms with E-state index in [1.165, 1.54) is 6.20 Å². The molecule has 0 aromatic carbocycles. The van der Waals surface area contributed by atoms with Gasteiger partial charge in [-0.25, -0.2) is 4.98 Å². The van der Waals surface area contributed by atoms with Crippen LogP contribution in [0.15, 0.2) is 36.0 Å². The molecule has 0 bridgehead atoms. The highest BCUT2D eigenvalue weighted by Gasteiger charge is 2.46. The summed E-state index contributed by atoms with van der Waals surface area (Å²) in [5, 5.41) is 9.70. The minimum atomic E-state index is -0.326. The molecule has 2 amide bonds. The molecule has 7 nitrogen and oxygen atoms in total. The summed E-state index contributed by atoms with van der Waals surface area (Å²) in [6, 6.07) is 5.95.